The van der Waals surface area contributed by atoms with Crippen LogP contribution >= 0.6 is 0 Å². The minimum atomic E-state index is -0.686. The minimum absolute atomic E-state index is 0.155. The van der Waals surface area contributed by atoms with Crippen LogP contribution in [0, 0.1) is 0 Å². The van der Waals surface area contributed by atoms with Gasteiger partial charge in [0.15, 0.2) is 11.5 Å². The standard InChI is InChI=1S/C8H11NO2/c9-4-3-6-1-2-7(10)8(11)5-6/h1-2,5,10-11H,3-4,9H2/i4D/t4-/m1/s1. The highest BCUT2D eigenvalue weighted by molar-refractivity contribution is 5.40. The third-order valence-corrected chi connectivity index (χ3v) is 1.39. The van der Waals surface area contributed by atoms with Gasteiger partial charge in [-0.2, -0.15) is 0 Å². The molecule has 0 aliphatic heterocycles. The van der Waals surface area contributed by atoms with Gasteiger partial charge in [0, 0.05) is 1.37 Å². The van der Waals surface area contributed by atoms with Gasteiger partial charge in [0.25, 0.3) is 0 Å². The van der Waals surface area contributed by atoms with Crippen LogP contribution in [-0.4, -0.2) is 16.7 Å². The molecule has 0 bridgehead atoms. The van der Waals surface area contributed by atoms with Gasteiger partial charge in [-0.15, -0.1) is 0 Å². The van der Waals surface area contributed by atoms with E-state index in [0.29, 0.717) is 6.42 Å². The molecule has 4 N–H and O–H groups in total. The molecule has 0 radical (unpaired) electrons. The number of aromatic hydroxyl groups is 2. The number of nitrogens with two attached hydrogens (primary N) is 1. The zero-order valence-corrected chi connectivity index (χ0v) is 5.99. The van der Waals surface area contributed by atoms with Gasteiger partial charge in [-0.3, -0.25) is 0 Å². The van der Waals surface area contributed by atoms with Gasteiger partial charge in [-0.25, -0.2) is 0 Å². The summed E-state index contributed by atoms with van der Waals surface area (Å²) in [4.78, 5) is 0. The highest BCUT2D eigenvalue weighted by atomic mass is 16.3. The summed E-state index contributed by atoms with van der Waals surface area (Å²) in [6.45, 7) is -0.686. The first-order chi connectivity index (χ1) is 5.59. The molecule has 0 spiro atoms. The number of benzene rings is 1. The molecule has 1 aromatic rings. The number of aryl methyl sites for hydroxylation is 1. The maximum Gasteiger partial charge on any atom is 0.157 e. The minimum Gasteiger partial charge on any atom is -0.504 e. The summed E-state index contributed by atoms with van der Waals surface area (Å²) in [5.41, 5.74) is 5.98. The predicted molar refractivity (Wildman–Crippen MR) is 42.5 cm³/mol. The van der Waals surface area contributed by atoms with Crippen molar-refractivity contribution in [2.45, 2.75) is 6.42 Å². The molecule has 1 rings (SSSR count). The Hall–Kier alpha value is -1.22. The number of hydrogen-bond donors (Lipinski definition) is 3. The molecule has 3 heteroatoms. The van der Waals surface area contributed by atoms with Crippen molar-refractivity contribution in [2.24, 2.45) is 5.73 Å². The van der Waals surface area contributed by atoms with E-state index in [1.165, 1.54) is 12.1 Å². The van der Waals surface area contributed by atoms with Crippen LogP contribution < -0.4 is 5.73 Å². The summed E-state index contributed by atoms with van der Waals surface area (Å²) < 4.78 is 7.07. The van der Waals surface area contributed by atoms with Gasteiger partial charge < -0.3 is 15.9 Å². The fourth-order valence-electron chi connectivity index (χ4n) is 0.832. The van der Waals surface area contributed by atoms with E-state index in [2.05, 4.69) is 0 Å². The maximum absolute atomic E-state index is 9.06. The number of rotatable bonds is 2. The molecule has 0 aliphatic rings. The van der Waals surface area contributed by atoms with Gasteiger partial charge in [-0.05, 0) is 30.6 Å². The van der Waals surface area contributed by atoms with Crippen LogP contribution in [0.5, 0.6) is 11.5 Å². The zero-order chi connectivity index (χ0) is 9.14. The quantitative estimate of drug-likeness (QED) is 0.546. The van der Waals surface area contributed by atoms with Crippen molar-refractivity contribution in [3.8, 4) is 11.5 Å². The van der Waals surface area contributed by atoms with E-state index in [1.807, 2.05) is 0 Å². The van der Waals surface area contributed by atoms with Crippen molar-refractivity contribution in [3.63, 3.8) is 0 Å². The second-order valence-electron chi connectivity index (χ2n) is 2.26. The van der Waals surface area contributed by atoms with E-state index in [0.717, 1.165) is 5.56 Å². The first-order valence-electron chi connectivity index (χ1n) is 3.86. The summed E-state index contributed by atoms with van der Waals surface area (Å²) in [5.74, 6) is -0.328. The smallest absolute Gasteiger partial charge is 0.157 e. The molecular weight excluding hydrogens is 142 g/mol. The van der Waals surface area contributed by atoms with Crippen molar-refractivity contribution in [1.29, 1.82) is 0 Å². The van der Waals surface area contributed by atoms with Crippen LogP contribution in [0.1, 0.15) is 6.93 Å². The van der Waals surface area contributed by atoms with Crippen molar-refractivity contribution < 1.29 is 11.6 Å². The van der Waals surface area contributed by atoms with Gasteiger partial charge >= 0.3 is 0 Å². The molecule has 0 saturated heterocycles. The summed E-state index contributed by atoms with van der Waals surface area (Å²) in [5, 5.41) is 18.0. The molecule has 60 valence electrons. The molecule has 0 aromatic heterocycles. The van der Waals surface area contributed by atoms with E-state index in [9.17, 15) is 0 Å². The Morgan fingerprint density at radius 2 is 2.09 bits per heavy atom. The Balaban J connectivity index is 2.82. The Morgan fingerprint density at radius 3 is 2.64 bits per heavy atom. The summed E-state index contributed by atoms with van der Waals surface area (Å²) in [6.07, 6.45) is 0.369. The highest BCUT2D eigenvalue weighted by Crippen LogP contribution is 2.24. The molecular formula is C8H11NO2. The molecule has 1 atom stereocenters. The van der Waals surface area contributed by atoms with Crippen LogP contribution in [0.4, 0.5) is 0 Å². The topological polar surface area (TPSA) is 66.5 Å². The molecule has 1 aromatic carbocycles. The largest absolute Gasteiger partial charge is 0.504 e. The molecule has 3 nitrogen and oxygen atoms in total. The van der Waals surface area contributed by atoms with Crippen molar-refractivity contribution in [3.05, 3.63) is 23.8 Å². The molecule has 0 aliphatic carbocycles. The average molecular weight is 154 g/mol. The molecule has 11 heavy (non-hydrogen) atoms. The summed E-state index contributed by atoms with van der Waals surface area (Å²) >= 11 is 0. The lowest BCUT2D eigenvalue weighted by molar-refractivity contribution is 0.403. The zero-order valence-electron chi connectivity index (χ0n) is 6.99. The third kappa shape index (κ3) is 1.85. The Bertz CT molecular complexity index is 276. The van der Waals surface area contributed by atoms with E-state index in [1.54, 1.807) is 6.07 Å². The third-order valence-electron chi connectivity index (χ3n) is 1.39. The first kappa shape index (κ1) is 6.49. The Labute approximate surface area is 66.5 Å². The van der Waals surface area contributed by atoms with E-state index in [4.69, 9.17) is 17.3 Å². The van der Waals surface area contributed by atoms with Crippen LogP contribution in [0.25, 0.3) is 0 Å². The fourth-order valence-corrected chi connectivity index (χ4v) is 0.832. The van der Waals surface area contributed by atoms with Crippen molar-refractivity contribution in [1.82, 2.24) is 0 Å². The van der Waals surface area contributed by atoms with E-state index >= 15 is 0 Å². The number of hydrogen-bond acceptors (Lipinski definition) is 3. The van der Waals surface area contributed by atoms with Crippen molar-refractivity contribution >= 4 is 0 Å². The lowest BCUT2D eigenvalue weighted by Gasteiger charge is -2.00. The van der Waals surface area contributed by atoms with Crippen molar-refractivity contribution in [2.75, 3.05) is 6.52 Å². The second-order valence-corrected chi connectivity index (χ2v) is 2.26. The van der Waals surface area contributed by atoms with Gasteiger partial charge in [0.2, 0.25) is 0 Å². The maximum atomic E-state index is 9.06. The fraction of sp³-hybridized carbons (Fsp3) is 0.250. The molecule has 0 fully saturated rings. The first-order valence-corrected chi connectivity index (χ1v) is 3.28. The Morgan fingerprint density at radius 1 is 1.36 bits per heavy atom. The SMILES string of the molecule is [2H][C@@H](N)Cc1ccc(O)c(O)c1. The normalized spacial score (nSPS) is 14.1. The van der Waals surface area contributed by atoms with E-state index in [-0.39, 0.29) is 11.5 Å². The van der Waals surface area contributed by atoms with Crippen LogP contribution in [0.2, 0.25) is 0 Å². The van der Waals surface area contributed by atoms with Gasteiger partial charge in [0.1, 0.15) is 0 Å². The highest BCUT2D eigenvalue weighted by Gasteiger charge is 1.98. The van der Waals surface area contributed by atoms with Gasteiger partial charge in [-0.1, -0.05) is 6.07 Å². The van der Waals surface area contributed by atoms with Crippen LogP contribution in [0.3, 0.4) is 0 Å². The monoisotopic (exact) mass is 154 g/mol. The average Bonchev–Trinajstić information content (AvgIpc) is 1.96. The molecule has 0 heterocycles. The summed E-state index contributed by atoms with van der Waals surface area (Å²) in [6, 6.07) is 4.42. The molecule has 0 amide bonds. The number of phenolic OH excluding ortho intramolecular Hbond substituents is 2. The van der Waals surface area contributed by atoms with Gasteiger partial charge in [0.05, 0.1) is 0 Å². The summed E-state index contributed by atoms with van der Waals surface area (Å²) in [7, 11) is 0. The van der Waals surface area contributed by atoms with Crippen LogP contribution in [-0.2, 0) is 6.42 Å². The lowest BCUT2D eigenvalue weighted by Crippen LogP contribution is -2.02. The lowest BCUT2D eigenvalue weighted by atomic mass is 10.1. The van der Waals surface area contributed by atoms with E-state index < -0.39 is 6.52 Å². The predicted octanol–water partition coefficient (Wildman–Crippen LogP) is 0.599. The second kappa shape index (κ2) is 3.25. The number of phenols is 2. The van der Waals surface area contributed by atoms with Crippen LogP contribution in [0.15, 0.2) is 18.2 Å². The molecule has 0 saturated carbocycles. The molecule has 0 unspecified atom stereocenters. The Kier molecular flexibility index (Phi) is 1.92.